The largest absolute Gasteiger partial charge is 0.208 e. The van der Waals surface area contributed by atoms with E-state index in [2.05, 4.69) is 43.9 Å². The zero-order valence-electron chi connectivity index (χ0n) is 17.5. The molecule has 144 valence electrons. The second-order valence-electron chi connectivity index (χ2n) is 7.90. The molecule has 0 saturated heterocycles. The smallest absolute Gasteiger partial charge is 0.171 e. The van der Waals surface area contributed by atoms with Crippen molar-refractivity contribution in [3.05, 3.63) is 29.6 Å². The summed E-state index contributed by atoms with van der Waals surface area (Å²) >= 11 is 0. The van der Waals surface area contributed by atoms with E-state index in [4.69, 9.17) is 0 Å². The Morgan fingerprint density at radius 3 is 1.56 bits per heavy atom. The molecule has 0 aliphatic rings. The first-order valence-electron chi connectivity index (χ1n) is 11.2. The lowest BCUT2D eigenvalue weighted by Gasteiger charge is -2.08. The van der Waals surface area contributed by atoms with Crippen LogP contribution in [0.3, 0.4) is 0 Å². The van der Waals surface area contributed by atoms with Gasteiger partial charge in [0.15, 0.2) is 12.4 Å². The van der Waals surface area contributed by atoms with Gasteiger partial charge >= 0.3 is 0 Å². The highest BCUT2D eigenvalue weighted by Gasteiger charge is 2.07. The highest BCUT2D eigenvalue weighted by Crippen LogP contribution is 2.16. The number of aromatic nitrogens is 1. The zero-order valence-corrected chi connectivity index (χ0v) is 17.5. The molecule has 0 atom stereocenters. The Labute approximate surface area is 158 Å². The molecule has 0 bridgehead atoms. The second kappa shape index (κ2) is 15.4. The van der Waals surface area contributed by atoms with Crippen molar-refractivity contribution in [2.75, 3.05) is 0 Å². The monoisotopic (exact) mass is 346 g/mol. The van der Waals surface area contributed by atoms with Crippen LogP contribution in [0.1, 0.15) is 115 Å². The summed E-state index contributed by atoms with van der Waals surface area (Å²) in [6, 6.07) is 2.37. The summed E-state index contributed by atoms with van der Waals surface area (Å²) in [5.74, 6) is 0. The number of nitrogens with zero attached hydrogens (tertiary/aromatic N) is 1. The van der Waals surface area contributed by atoms with Crippen LogP contribution in [0.4, 0.5) is 0 Å². The fourth-order valence-electron chi connectivity index (χ4n) is 3.70. The Balaban J connectivity index is 2.25. The number of rotatable bonds is 16. The van der Waals surface area contributed by atoms with Crippen LogP contribution in [0.2, 0.25) is 0 Å². The SMILES string of the molecule is CCCCCCCCCc1cc[n+](C)cc1CCCCCCCCC. The molecule has 0 fully saturated rings. The van der Waals surface area contributed by atoms with Gasteiger partial charge < -0.3 is 0 Å². The molecular weight excluding hydrogens is 302 g/mol. The standard InChI is InChI=1S/C24H44N/c1-4-6-8-10-12-14-16-18-23-20-21-25(3)22-24(23)19-17-15-13-11-9-7-5-2/h20-22H,4-19H2,1-3H3/q+1. The molecule has 0 N–H and O–H groups in total. The highest BCUT2D eigenvalue weighted by molar-refractivity contribution is 5.21. The molecule has 0 saturated carbocycles. The van der Waals surface area contributed by atoms with E-state index in [1.165, 1.54) is 103 Å². The fraction of sp³-hybridized carbons (Fsp3) is 0.792. The maximum Gasteiger partial charge on any atom is 0.171 e. The number of aryl methyl sites for hydroxylation is 3. The van der Waals surface area contributed by atoms with Gasteiger partial charge in [0, 0.05) is 11.6 Å². The summed E-state index contributed by atoms with van der Waals surface area (Å²) in [5.41, 5.74) is 3.21. The Hall–Kier alpha value is -0.850. The van der Waals surface area contributed by atoms with Gasteiger partial charge in [0.1, 0.15) is 7.05 Å². The molecule has 0 radical (unpaired) electrons. The lowest BCUT2D eigenvalue weighted by atomic mass is 9.98. The molecule has 0 spiro atoms. The molecule has 1 heteroatoms. The van der Waals surface area contributed by atoms with Gasteiger partial charge in [-0.15, -0.1) is 0 Å². The minimum Gasteiger partial charge on any atom is -0.208 e. The minimum atomic E-state index is 1.27. The van der Waals surface area contributed by atoms with E-state index in [0.717, 1.165) is 0 Å². The number of pyridine rings is 1. The van der Waals surface area contributed by atoms with Crippen LogP contribution >= 0.6 is 0 Å². The molecular formula is C24H44N+. The molecule has 25 heavy (non-hydrogen) atoms. The van der Waals surface area contributed by atoms with Crippen LogP contribution in [0, 0.1) is 0 Å². The molecule has 0 aromatic carbocycles. The third-order valence-corrected chi connectivity index (χ3v) is 5.38. The summed E-state index contributed by atoms with van der Waals surface area (Å²) < 4.78 is 2.23. The van der Waals surface area contributed by atoms with Gasteiger partial charge in [0.2, 0.25) is 0 Å². The van der Waals surface area contributed by atoms with Crippen molar-refractivity contribution in [2.24, 2.45) is 7.05 Å². The first kappa shape index (κ1) is 22.2. The molecule has 1 aromatic heterocycles. The zero-order chi connectivity index (χ0) is 18.2. The van der Waals surface area contributed by atoms with Crippen molar-refractivity contribution in [1.29, 1.82) is 0 Å². The number of unbranched alkanes of at least 4 members (excludes halogenated alkanes) is 12. The van der Waals surface area contributed by atoms with E-state index >= 15 is 0 Å². The van der Waals surface area contributed by atoms with Crippen LogP contribution in [0.25, 0.3) is 0 Å². The van der Waals surface area contributed by atoms with Gasteiger partial charge in [-0.1, -0.05) is 90.9 Å². The van der Waals surface area contributed by atoms with Gasteiger partial charge in [-0.05, 0) is 31.2 Å². The second-order valence-corrected chi connectivity index (χ2v) is 7.90. The number of hydrogen-bond acceptors (Lipinski definition) is 0. The van der Waals surface area contributed by atoms with Crippen LogP contribution in [0.15, 0.2) is 18.5 Å². The van der Waals surface area contributed by atoms with Crippen LogP contribution in [0.5, 0.6) is 0 Å². The van der Waals surface area contributed by atoms with Crippen LogP contribution in [-0.4, -0.2) is 0 Å². The molecule has 0 amide bonds. The molecule has 1 rings (SSSR count). The normalized spacial score (nSPS) is 11.2. The van der Waals surface area contributed by atoms with Gasteiger partial charge in [0.05, 0.1) is 0 Å². The Morgan fingerprint density at radius 1 is 0.600 bits per heavy atom. The minimum absolute atomic E-state index is 1.27. The predicted molar refractivity (Wildman–Crippen MR) is 111 cm³/mol. The molecule has 0 unspecified atom stereocenters. The highest BCUT2D eigenvalue weighted by atomic mass is 14.9. The summed E-state index contributed by atoms with van der Waals surface area (Å²) in [7, 11) is 2.16. The maximum atomic E-state index is 2.37. The Kier molecular flexibility index (Phi) is 13.7. The Morgan fingerprint density at radius 2 is 1.04 bits per heavy atom. The molecule has 0 aliphatic carbocycles. The van der Waals surface area contributed by atoms with Crippen molar-refractivity contribution >= 4 is 0 Å². The first-order valence-corrected chi connectivity index (χ1v) is 11.2. The molecule has 0 aliphatic heterocycles. The van der Waals surface area contributed by atoms with E-state index in [0.29, 0.717) is 0 Å². The van der Waals surface area contributed by atoms with E-state index in [1.54, 1.807) is 11.1 Å². The van der Waals surface area contributed by atoms with Gasteiger partial charge in [-0.25, -0.2) is 4.57 Å². The van der Waals surface area contributed by atoms with Crippen molar-refractivity contribution in [1.82, 2.24) is 0 Å². The van der Waals surface area contributed by atoms with Gasteiger partial charge in [0.25, 0.3) is 0 Å². The average molecular weight is 347 g/mol. The quantitative estimate of drug-likeness (QED) is 0.222. The molecule has 1 heterocycles. The van der Waals surface area contributed by atoms with Gasteiger partial charge in [-0.2, -0.15) is 0 Å². The van der Waals surface area contributed by atoms with Crippen molar-refractivity contribution < 1.29 is 4.57 Å². The topological polar surface area (TPSA) is 3.88 Å². The van der Waals surface area contributed by atoms with Crippen molar-refractivity contribution in [2.45, 2.75) is 117 Å². The van der Waals surface area contributed by atoms with E-state index < -0.39 is 0 Å². The fourth-order valence-corrected chi connectivity index (χ4v) is 3.70. The van der Waals surface area contributed by atoms with Gasteiger partial charge in [-0.3, -0.25) is 0 Å². The van der Waals surface area contributed by atoms with Crippen molar-refractivity contribution in [3.63, 3.8) is 0 Å². The summed E-state index contributed by atoms with van der Waals surface area (Å²) in [4.78, 5) is 0. The summed E-state index contributed by atoms with van der Waals surface area (Å²) in [5, 5.41) is 0. The summed E-state index contributed by atoms with van der Waals surface area (Å²) in [6.45, 7) is 4.59. The van der Waals surface area contributed by atoms with Crippen molar-refractivity contribution in [3.8, 4) is 0 Å². The lowest BCUT2D eigenvalue weighted by molar-refractivity contribution is -0.672. The summed E-state index contributed by atoms with van der Waals surface area (Å²) in [6.07, 6.45) is 26.8. The maximum absolute atomic E-state index is 2.37. The molecule has 1 aromatic rings. The molecule has 1 nitrogen and oxygen atoms in total. The van der Waals surface area contributed by atoms with E-state index in [9.17, 15) is 0 Å². The Bertz CT molecular complexity index is 424. The third kappa shape index (κ3) is 11.4. The van der Waals surface area contributed by atoms with E-state index in [-0.39, 0.29) is 0 Å². The third-order valence-electron chi connectivity index (χ3n) is 5.38. The van der Waals surface area contributed by atoms with E-state index in [1.807, 2.05) is 0 Å². The lowest BCUT2D eigenvalue weighted by Crippen LogP contribution is -2.27. The average Bonchev–Trinajstić information content (AvgIpc) is 2.61. The van der Waals surface area contributed by atoms with Crippen LogP contribution < -0.4 is 4.57 Å². The van der Waals surface area contributed by atoms with Crippen LogP contribution in [-0.2, 0) is 19.9 Å². The first-order chi connectivity index (χ1) is 12.3. The number of hydrogen-bond donors (Lipinski definition) is 0. The predicted octanol–water partition coefficient (Wildman–Crippen LogP) is 7.10.